The van der Waals surface area contributed by atoms with Crippen LogP contribution in [0.15, 0.2) is 42.5 Å². The van der Waals surface area contributed by atoms with Gasteiger partial charge in [-0.1, -0.05) is 35.9 Å². The van der Waals surface area contributed by atoms with Crippen molar-refractivity contribution in [3.8, 4) is 0 Å². The number of aromatic nitrogens is 2. The highest BCUT2D eigenvalue weighted by molar-refractivity contribution is 5.85. The molecule has 0 aliphatic carbocycles. The number of anilines is 1. The van der Waals surface area contributed by atoms with Gasteiger partial charge in [0.15, 0.2) is 12.0 Å². The number of benzene rings is 2. The molecule has 0 radical (unpaired) electrons. The maximum absolute atomic E-state index is 15.2. The van der Waals surface area contributed by atoms with Crippen LogP contribution in [-0.2, 0) is 6.42 Å². The first-order chi connectivity index (χ1) is 13.8. The summed E-state index contributed by atoms with van der Waals surface area (Å²) in [6, 6.07) is 12.1. The van der Waals surface area contributed by atoms with Gasteiger partial charge in [-0.3, -0.25) is 0 Å². The van der Waals surface area contributed by atoms with Gasteiger partial charge >= 0.3 is 0 Å². The van der Waals surface area contributed by atoms with E-state index in [9.17, 15) is 4.39 Å². The van der Waals surface area contributed by atoms with E-state index < -0.39 is 12.0 Å². The second-order valence-corrected chi connectivity index (χ2v) is 7.85. The highest BCUT2D eigenvalue weighted by Crippen LogP contribution is 2.36. The van der Waals surface area contributed by atoms with Gasteiger partial charge in [-0.25, -0.2) is 18.7 Å². The first-order valence-electron chi connectivity index (χ1n) is 9.96. The molecule has 0 spiro atoms. The first kappa shape index (κ1) is 22.2. The van der Waals surface area contributed by atoms with Crippen molar-refractivity contribution in [3.05, 3.63) is 87.6 Å². The number of fused-ring (bicyclic) bond motifs is 1. The van der Waals surface area contributed by atoms with Crippen LogP contribution in [0.3, 0.4) is 0 Å². The summed E-state index contributed by atoms with van der Waals surface area (Å²) >= 11 is 0. The zero-order valence-electron chi connectivity index (χ0n) is 17.6. The third-order valence-corrected chi connectivity index (χ3v) is 5.88. The Morgan fingerprint density at radius 1 is 1.03 bits per heavy atom. The van der Waals surface area contributed by atoms with Crippen LogP contribution >= 0.6 is 12.4 Å². The molecule has 2 aromatic carbocycles. The second-order valence-electron chi connectivity index (χ2n) is 7.85. The van der Waals surface area contributed by atoms with E-state index in [1.807, 2.05) is 13.8 Å². The fourth-order valence-corrected chi connectivity index (χ4v) is 4.06. The number of nitrogens with zero attached hydrogens (tertiary/aromatic N) is 3. The standard InChI is InChI=1S/C24H25F2N3.ClH/c1-14-5-10-21-17(4)29(12-11-19(21)13-14)24-15(2)16(3)27-23(28-24)22(26)18-6-8-20(25)9-7-18;/h5-10,13,17,22H,11-12H2,1-4H3;1H. The van der Waals surface area contributed by atoms with E-state index in [-0.39, 0.29) is 24.3 Å². The maximum atomic E-state index is 15.2. The van der Waals surface area contributed by atoms with Crippen molar-refractivity contribution in [2.45, 2.75) is 46.3 Å². The van der Waals surface area contributed by atoms with Crippen LogP contribution in [0.2, 0.25) is 0 Å². The number of aryl methyl sites for hydroxylation is 2. The summed E-state index contributed by atoms with van der Waals surface area (Å²) in [6.45, 7) is 8.96. The van der Waals surface area contributed by atoms with Crippen molar-refractivity contribution in [1.29, 1.82) is 0 Å². The second kappa shape index (κ2) is 8.68. The van der Waals surface area contributed by atoms with Crippen LogP contribution < -0.4 is 4.90 Å². The van der Waals surface area contributed by atoms with Gasteiger partial charge in [0.1, 0.15) is 11.6 Å². The molecule has 0 saturated carbocycles. The fraction of sp³-hybridized carbons (Fsp3) is 0.333. The van der Waals surface area contributed by atoms with Gasteiger partial charge in [-0.15, -0.1) is 12.4 Å². The molecule has 6 heteroatoms. The average molecular weight is 430 g/mol. The van der Waals surface area contributed by atoms with Gasteiger partial charge < -0.3 is 4.90 Å². The third kappa shape index (κ3) is 4.04. The molecule has 0 N–H and O–H groups in total. The number of hydrogen-bond donors (Lipinski definition) is 0. The smallest absolute Gasteiger partial charge is 0.185 e. The molecule has 2 heterocycles. The molecule has 1 aromatic heterocycles. The van der Waals surface area contributed by atoms with E-state index in [0.717, 1.165) is 30.0 Å². The van der Waals surface area contributed by atoms with Crippen molar-refractivity contribution in [2.24, 2.45) is 0 Å². The van der Waals surface area contributed by atoms with Crippen molar-refractivity contribution >= 4 is 18.2 Å². The lowest BCUT2D eigenvalue weighted by Crippen LogP contribution is -2.35. The molecule has 1 aliphatic rings. The van der Waals surface area contributed by atoms with Crippen LogP contribution in [0.4, 0.5) is 14.6 Å². The SMILES string of the molecule is Cc1ccc2c(c1)CCN(c1nc(C(F)c3ccc(F)cc3)nc(C)c1C)C2C.Cl. The Kier molecular flexibility index (Phi) is 6.41. The normalized spacial score (nSPS) is 16.6. The van der Waals surface area contributed by atoms with E-state index >= 15 is 4.39 Å². The average Bonchev–Trinajstić information content (AvgIpc) is 2.70. The summed E-state index contributed by atoms with van der Waals surface area (Å²) < 4.78 is 28.4. The Bertz CT molecular complexity index is 1050. The highest BCUT2D eigenvalue weighted by Gasteiger charge is 2.28. The molecule has 0 saturated heterocycles. The molecule has 30 heavy (non-hydrogen) atoms. The Morgan fingerprint density at radius 3 is 2.43 bits per heavy atom. The largest absolute Gasteiger partial charge is 0.349 e. The predicted molar refractivity (Wildman–Crippen MR) is 119 cm³/mol. The van der Waals surface area contributed by atoms with Gasteiger partial charge in [0, 0.05) is 17.8 Å². The van der Waals surface area contributed by atoms with Gasteiger partial charge in [-0.2, -0.15) is 0 Å². The molecule has 0 bridgehead atoms. The number of rotatable bonds is 3. The molecule has 1 aliphatic heterocycles. The molecule has 158 valence electrons. The quantitative estimate of drug-likeness (QED) is 0.500. The van der Waals surface area contributed by atoms with E-state index in [1.54, 1.807) is 0 Å². The van der Waals surface area contributed by atoms with Gasteiger partial charge in [0.25, 0.3) is 0 Å². The summed E-state index contributed by atoms with van der Waals surface area (Å²) in [5.74, 6) is 0.506. The zero-order valence-corrected chi connectivity index (χ0v) is 18.4. The van der Waals surface area contributed by atoms with Crippen molar-refractivity contribution < 1.29 is 8.78 Å². The Balaban J connectivity index is 0.00000256. The number of hydrogen-bond acceptors (Lipinski definition) is 3. The van der Waals surface area contributed by atoms with E-state index in [0.29, 0.717) is 5.56 Å². The Morgan fingerprint density at radius 2 is 1.73 bits per heavy atom. The molecule has 2 atom stereocenters. The predicted octanol–water partition coefficient (Wildman–Crippen LogP) is 6.15. The summed E-state index contributed by atoms with van der Waals surface area (Å²) in [7, 11) is 0. The maximum Gasteiger partial charge on any atom is 0.185 e. The van der Waals surface area contributed by atoms with Crippen LogP contribution in [0, 0.1) is 26.6 Å². The van der Waals surface area contributed by atoms with Gasteiger partial charge in [-0.05, 0) is 62.9 Å². The van der Waals surface area contributed by atoms with Crippen LogP contribution in [0.25, 0.3) is 0 Å². The monoisotopic (exact) mass is 429 g/mol. The van der Waals surface area contributed by atoms with Crippen molar-refractivity contribution in [3.63, 3.8) is 0 Å². The van der Waals surface area contributed by atoms with E-state index in [2.05, 4.69) is 46.9 Å². The number of alkyl halides is 1. The lowest BCUT2D eigenvalue weighted by Gasteiger charge is -2.37. The molecule has 3 aromatic rings. The van der Waals surface area contributed by atoms with Crippen molar-refractivity contribution in [2.75, 3.05) is 11.4 Å². The first-order valence-corrected chi connectivity index (χ1v) is 9.96. The lowest BCUT2D eigenvalue weighted by molar-refractivity contribution is 0.382. The Labute approximate surface area is 182 Å². The van der Waals surface area contributed by atoms with Crippen molar-refractivity contribution in [1.82, 2.24) is 9.97 Å². The minimum atomic E-state index is -1.50. The molecule has 2 unspecified atom stereocenters. The highest BCUT2D eigenvalue weighted by atomic mass is 35.5. The lowest BCUT2D eigenvalue weighted by atomic mass is 9.92. The minimum Gasteiger partial charge on any atom is -0.349 e. The minimum absolute atomic E-state index is 0. The van der Waals surface area contributed by atoms with Crippen LogP contribution in [-0.4, -0.2) is 16.5 Å². The summed E-state index contributed by atoms with van der Waals surface area (Å²) in [5, 5.41) is 0. The topological polar surface area (TPSA) is 29.0 Å². The third-order valence-electron chi connectivity index (χ3n) is 5.88. The molecule has 0 amide bonds. The molecule has 0 fully saturated rings. The van der Waals surface area contributed by atoms with E-state index in [4.69, 9.17) is 0 Å². The van der Waals surface area contributed by atoms with Gasteiger partial charge in [0.05, 0.1) is 6.04 Å². The molecule has 3 nitrogen and oxygen atoms in total. The molecule has 4 rings (SSSR count). The van der Waals surface area contributed by atoms with Crippen LogP contribution in [0.1, 0.15) is 58.5 Å². The molecular weight excluding hydrogens is 404 g/mol. The summed E-state index contributed by atoms with van der Waals surface area (Å²) in [4.78, 5) is 11.3. The Hall–Kier alpha value is -2.53. The van der Waals surface area contributed by atoms with Gasteiger partial charge in [0.2, 0.25) is 0 Å². The summed E-state index contributed by atoms with van der Waals surface area (Å²) in [5.41, 5.74) is 5.99. The summed E-state index contributed by atoms with van der Waals surface area (Å²) in [6.07, 6.45) is -0.570. The molecular formula is C24H26ClF2N3. The fourth-order valence-electron chi connectivity index (χ4n) is 4.06. The zero-order chi connectivity index (χ0) is 20.7. The van der Waals surface area contributed by atoms with Crippen LogP contribution in [0.5, 0.6) is 0 Å². The van der Waals surface area contributed by atoms with E-state index in [1.165, 1.54) is 41.0 Å². The number of halogens is 3.